The number of aryl methyl sites for hydroxylation is 2. The van der Waals surface area contributed by atoms with E-state index >= 15 is 8.78 Å². The van der Waals surface area contributed by atoms with Gasteiger partial charge >= 0.3 is 0 Å². The first-order chi connectivity index (χ1) is 47.0. The van der Waals surface area contributed by atoms with E-state index in [-0.39, 0.29) is 22.5 Å². The Morgan fingerprint density at radius 2 is 0.656 bits per heavy atom. The van der Waals surface area contributed by atoms with E-state index in [2.05, 4.69) is 266 Å². The summed E-state index contributed by atoms with van der Waals surface area (Å²) in [5, 5.41) is 0. The normalized spacial score (nSPS) is 17.4. The molecule has 2 saturated heterocycles. The first-order valence-corrected chi connectivity index (χ1v) is 33.6. The molecule has 0 radical (unpaired) electrons. The molecule has 2 unspecified atom stereocenters. The van der Waals surface area contributed by atoms with Crippen LogP contribution in [0.4, 0.5) is 42.9 Å². The lowest BCUT2D eigenvalue weighted by atomic mass is 9.67. The largest absolute Gasteiger partial charge is 0.493 e. The molecule has 96 heavy (non-hydrogen) atoms. The van der Waals surface area contributed by atoms with Crippen molar-refractivity contribution in [2.24, 2.45) is 10.8 Å². The fraction of sp³-hybridized carbons (Fsp3) is 0.182. The van der Waals surface area contributed by atoms with Gasteiger partial charge in [0.25, 0.3) is 0 Å². The summed E-state index contributed by atoms with van der Waals surface area (Å²) in [5.74, 6) is 1.09. The van der Waals surface area contributed by atoms with Crippen LogP contribution < -0.4 is 19.3 Å². The van der Waals surface area contributed by atoms with Gasteiger partial charge in [0.15, 0.2) is 0 Å². The van der Waals surface area contributed by atoms with Gasteiger partial charge in [-0.25, -0.2) is 8.78 Å². The van der Waals surface area contributed by atoms with Crippen molar-refractivity contribution in [2.45, 2.75) is 51.4 Å². The van der Waals surface area contributed by atoms with Gasteiger partial charge in [-0.3, -0.25) is 0 Å². The number of hydrogen-bond acceptors (Lipinski definition) is 6. The zero-order valence-corrected chi connectivity index (χ0v) is 54.5. The minimum absolute atomic E-state index is 0.0476. The van der Waals surface area contributed by atoms with E-state index in [1.54, 1.807) is 26.0 Å². The van der Waals surface area contributed by atoms with Gasteiger partial charge in [0.05, 0.1) is 61.3 Å². The molecule has 2 atom stereocenters. The Labute approximate surface area is 561 Å². The van der Waals surface area contributed by atoms with Crippen LogP contribution in [0.2, 0.25) is 0 Å². The molecule has 4 aliphatic rings. The molecule has 0 amide bonds. The maximum absolute atomic E-state index is 16.1. The molecule has 0 aromatic heterocycles. The molecule has 0 N–H and O–H groups in total. The van der Waals surface area contributed by atoms with Crippen LogP contribution in [0.15, 0.2) is 279 Å². The molecule has 2 aliphatic carbocycles. The second-order valence-electron chi connectivity index (χ2n) is 26.7. The van der Waals surface area contributed by atoms with Crippen LogP contribution >= 0.6 is 0 Å². The first-order valence-electron chi connectivity index (χ1n) is 33.6. The molecule has 0 spiro atoms. The quantitative estimate of drug-likeness (QED) is 0.0804. The smallest absolute Gasteiger partial charge is 0.128 e. The van der Waals surface area contributed by atoms with Crippen molar-refractivity contribution in [3.05, 3.63) is 346 Å². The number of benzene rings is 12. The Morgan fingerprint density at radius 1 is 0.333 bits per heavy atom. The third-order valence-electron chi connectivity index (χ3n) is 21.2. The highest BCUT2D eigenvalue weighted by Crippen LogP contribution is 2.60. The Balaban J connectivity index is 0.765. The maximum Gasteiger partial charge on any atom is 0.128 e. The fourth-order valence-corrected chi connectivity index (χ4v) is 15.3. The third-order valence-corrected chi connectivity index (χ3v) is 21.2. The van der Waals surface area contributed by atoms with E-state index in [1.165, 1.54) is 22.3 Å². The van der Waals surface area contributed by atoms with Crippen molar-refractivity contribution < 1.29 is 27.7 Å². The van der Waals surface area contributed by atoms with Crippen LogP contribution in [0.5, 0.6) is 11.5 Å². The highest BCUT2D eigenvalue weighted by atomic mass is 19.1. The fourth-order valence-electron chi connectivity index (χ4n) is 15.3. The monoisotopic (exact) mass is 1260 g/mol. The summed E-state index contributed by atoms with van der Waals surface area (Å²) in [6, 6.07) is 97.9. The van der Waals surface area contributed by atoms with Gasteiger partial charge in [0, 0.05) is 34.1 Å². The molecule has 2 aliphatic heterocycles. The molecule has 16 rings (SSSR count). The summed E-state index contributed by atoms with van der Waals surface area (Å²) in [7, 11) is 0. The number of rotatable bonds is 19. The van der Waals surface area contributed by atoms with E-state index < -0.39 is 10.8 Å². The molecule has 2 fully saturated rings. The molecular weight excluding hydrogens is 1190 g/mol. The van der Waals surface area contributed by atoms with Gasteiger partial charge in [0.2, 0.25) is 0 Å². The van der Waals surface area contributed by atoms with Crippen molar-refractivity contribution in [3.8, 4) is 44.9 Å². The lowest BCUT2D eigenvalue weighted by molar-refractivity contribution is -0.133. The summed E-state index contributed by atoms with van der Waals surface area (Å²) in [6.07, 6.45) is 2.00. The molecule has 12 aromatic rings. The molecule has 6 nitrogen and oxygen atoms in total. The van der Waals surface area contributed by atoms with Crippen LogP contribution in [0.25, 0.3) is 33.4 Å². The number of fused-ring (bicyclic) bond motifs is 6. The molecule has 0 saturated carbocycles. The van der Waals surface area contributed by atoms with E-state index in [4.69, 9.17) is 18.9 Å². The third kappa shape index (κ3) is 10.1. The minimum atomic E-state index is -0.705. The summed E-state index contributed by atoms with van der Waals surface area (Å²) < 4.78 is 56.3. The van der Waals surface area contributed by atoms with Gasteiger partial charge in [0.1, 0.15) is 23.1 Å². The highest BCUT2D eigenvalue weighted by Gasteiger charge is 2.49. The minimum Gasteiger partial charge on any atom is -0.493 e. The van der Waals surface area contributed by atoms with E-state index in [0.29, 0.717) is 35.7 Å². The van der Waals surface area contributed by atoms with Crippen LogP contribution in [0.3, 0.4) is 0 Å². The van der Waals surface area contributed by atoms with Gasteiger partial charge in [-0.15, -0.1) is 0 Å². The lowest BCUT2D eigenvalue weighted by Gasteiger charge is -2.40. The summed E-state index contributed by atoms with van der Waals surface area (Å²) in [4.78, 5) is 4.33. The molecule has 0 bridgehead atoms. The van der Waals surface area contributed by atoms with Crippen molar-refractivity contribution in [3.63, 3.8) is 0 Å². The molecule has 474 valence electrons. The number of hydrogen-bond donors (Lipinski definition) is 0. The predicted molar refractivity (Wildman–Crippen MR) is 383 cm³/mol. The van der Waals surface area contributed by atoms with Crippen LogP contribution in [0.1, 0.15) is 82.3 Å². The summed E-state index contributed by atoms with van der Waals surface area (Å²) in [6.45, 7) is 12.1. The molecule has 12 aromatic carbocycles. The maximum atomic E-state index is 16.1. The average Bonchev–Trinajstić information content (AvgIpc) is 1.53. The van der Waals surface area contributed by atoms with Crippen molar-refractivity contribution in [2.75, 3.05) is 49.4 Å². The highest BCUT2D eigenvalue weighted by molar-refractivity contribution is 5.92. The molecular formula is C88H74F2N2O4. The van der Waals surface area contributed by atoms with Crippen molar-refractivity contribution in [1.29, 1.82) is 0 Å². The average molecular weight is 1260 g/mol. The summed E-state index contributed by atoms with van der Waals surface area (Å²) in [5.41, 5.74) is 20.5. The Hall–Kier alpha value is -10.4. The zero-order valence-electron chi connectivity index (χ0n) is 54.5. The topological polar surface area (TPSA) is 43.4 Å². The standard InChI is InChI=1S/C88H74F2N2O4/c1-5-85(53-93-54-85)57-95-73-43-31-65(32-44-73)87(63-17-9-7-10-18-63)79-23-15-13-21-75(79)77-47-41-69(49-81(77)87)91(71-35-25-59(3)83(89)51-71)67-37-27-61(28-38-67)62-29-39-68(40-30-62)92(72-36-26-60(4)84(90)52-72)70-42-48-78-76-22-14-16-24-80(76)88(82(78)50-70,64-19-11-8-12-20-64)66-33-45-74(46-34-66)96-58-86(6-2)55-94-56-86/h7-52H,5-6,53-58H2,1-4H3. The number of nitrogens with zero attached hydrogens (tertiary/aromatic N) is 2. The van der Waals surface area contributed by atoms with E-state index in [9.17, 15) is 0 Å². The molecule has 8 heteroatoms. The second kappa shape index (κ2) is 24.4. The summed E-state index contributed by atoms with van der Waals surface area (Å²) >= 11 is 0. The Kier molecular flexibility index (Phi) is 15.4. The Morgan fingerprint density at radius 3 is 1.01 bits per heavy atom. The SMILES string of the molecule is CCC1(COc2ccc(C3(c4ccccc4)c4ccccc4-c4ccc(N(c5ccc(-c6ccc(N(c7ccc(C)c(F)c7)c7ccc8c(c7)C(c7ccccc7)(c7ccc(OCC9(CC)COC9)cc7)c7ccccc7-8)cc6)cc5)c5ccc(C)c(F)c5)cc43)cc2)COC1. The van der Waals surface area contributed by atoms with Gasteiger partial charge < -0.3 is 28.7 Å². The zero-order chi connectivity index (χ0) is 65.2. The predicted octanol–water partition coefficient (Wildman–Crippen LogP) is 21.5. The van der Waals surface area contributed by atoms with E-state index in [1.807, 2.05) is 24.3 Å². The second-order valence-corrected chi connectivity index (χ2v) is 26.7. The van der Waals surface area contributed by atoms with E-state index in [0.717, 1.165) is 129 Å². The van der Waals surface area contributed by atoms with Crippen molar-refractivity contribution >= 4 is 34.1 Å². The number of anilines is 6. The van der Waals surface area contributed by atoms with Crippen LogP contribution in [0, 0.1) is 36.3 Å². The Bertz CT molecular complexity index is 4540. The van der Waals surface area contributed by atoms with Crippen LogP contribution in [-0.4, -0.2) is 39.6 Å². The van der Waals surface area contributed by atoms with Gasteiger partial charge in [-0.1, -0.05) is 196 Å². The molecule has 2 heterocycles. The number of ether oxygens (including phenoxy) is 4. The van der Waals surface area contributed by atoms with Gasteiger partial charge in [-0.2, -0.15) is 0 Å². The lowest BCUT2D eigenvalue weighted by Crippen LogP contribution is -2.46. The van der Waals surface area contributed by atoms with Gasteiger partial charge in [-0.05, 0) is 213 Å². The number of halogens is 2. The first kappa shape index (κ1) is 60.6. The van der Waals surface area contributed by atoms with Crippen molar-refractivity contribution in [1.82, 2.24) is 0 Å². The van der Waals surface area contributed by atoms with Crippen LogP contribution in [-0.2, 0) is 20.3 Å².